The summed E-state index contributed by atoms with van der Waals surface area (Å²) < 4.78 is 11.3. The minimum Gasteiger partial charge on any atom is -0.459 e. The van der Waals surface area contributed by atoms with Crippen LogP contribution in [0.5, 0.6) is 0 Å². The highest BCUT2D eigenvalue weighted by Crippen LogP contribution is 2.36. The van der Waals surface area contributed by atoms with Crippen LogP contribution >= 0.6 is 0 Å². The molecule has 0 bridgehead atoms. The molecule has 0 aliphatic carbocycles. The maximum atomic E-state index is 11.8. The van der Waals surface area contributed by atoms with Crippen molar-refractivity contribution in [2.24, 2.45) is 11.3 Å². The lowest BCUT2D eigenvalue weighted by atomic mass is 9.77. The molecule has 20 heavy (non-hydrogen) atoms. The number of rotatable bonds is 6. The van der Waals surface area contributed by atoms with Gasteiger partial charge in [0.1, 0.15) is 0 Å². The predicted octanol–water partition coefficient (Wildman–Crippen LogP) is 1.81. The second-order valence-electron chi connectivity index (χ2n) is 6.17. The monoisotopic (exact) mass is 285 g/mol. The number of ether oxygens (including phenoxy) is 2. The van der Waals surface area contributed by atoms with Crippen LogP contribution in [-0.4, -0.2) is 37.6 Å². The average molecular weight is 285 g/mol. The van der Waals surface area contributed by atoms with E-state index in [-0.39, 0.29) is 23.8 Å². The van der Waals surface area contributed by atoms with Crippen LogP contribution in [0.3, 0.4) is 0 Å². The van der Waals surface area contributed by atoms with Crippen molar-refractivity contribution in [1.29, 1.82) is 0 Å². The summed E-state index contributed by atoms with van der Waals surface area (Å²) in [5.41, 5.74) is 0.0513. The van der Waals surface area contributed by atoms with Gasteiger partial charge >= 0.3 is 0 Å². The summed E-state index contributed by atoms with van der Waals surface area (Å²) in [5, 5.41) is 11.3. The van der Waals surface area contributed by atoms with Gasteiger partial charge in [-0.2, -0.15) is 0 Å². The standard InChI is InChI=1S/C15H27NO4/c1-15(2,3)11-9-12(14(18)16-4)20-13(10-11)19-8-6-5-7-17/h9,11,13,17H,5-8,10H2,1-4H3,(H,16,18)/t11-,13+/m1/s1. The van der Waals surface area contributed by atoms with E-state index in [1.807, 2.05) is 6.08 Å². The molecule has 0 spiro atoms. The van der Waals surface area contributed by atoms with Crippen molar-refractivity contribution in [2.45, 2.75) is 46.3 Å². The fourth-order valence-electron chi connectivity index (χ4n) is 2.07. The second kappa shape index (κ2) is 7.64. The fourth-order valence-corrected chi connectivity index (χ4v) is 2.07. The molecule has 0 aromatic heterocycles. The van der Waals surface area contributed by atoms with Gasteiger partial charge in [-0.25, -0.2) is 0 Å². The molecule has 0 saturated heterocycles. The first-order valence-corrected chi connectivity index (χ1v) is 7.21. The van der Waals surface area contributed by atoms with Crippen molar-refractivity contribution in [3.63, 3.8) is 0 Å². The lowest BCUT2D eigenvalue weighted by Gasteiger charge is -2.35. The van der Waals surface area contributed by atoms with Crippen LogP contribution in [0.2, 0.25) is 0 Å². The van der Waals surface area contributed by atoms with Crippen LogP contribution in [0, 0.1) is 11.3 Å². The molecule has 0 saturated carbocycles. The summed E-state index contributed by atoms with van der Waals surface area (Å²) in [6.07, 6.45) is 3.74. The quantitative estimate of drug-likeness (QED) is 0.730. The van der Waals surface area contributed by atoms with Gasteiger partial charge < -0.3 is 19.9 Å². The Bertz CT molecular complexity index is 346. The highest BCUT2D eigenvalue weighted by Gasteiger charge is 2.33. The number of aliphatic hydroxyl groups excluding tert-OH is 1. The lowest BCUT2D eigenvalue weighted by molar-refractivity contribution is -0.152. The lowest BCUT2D eigenvalue weighted by Crippen LogP contribution is -2.35. The van der Waals surface area contributed by atoms with Gasteiger partial charge in [-0.05, 0) is 30.3 Å². The SMILES string of the molecule is CNC(=O)C1=C[C@@H](C(C)(C)C)C[C@@H](OCCCCO)O1. The van der Waals surface area contributed by atoms with Crippen molar-refractivity contribution in [2.75, 3.05) is 20.3 Å². The predicted molar refractivity (Wildman–Crippen MR) is 76.9 cm³/mol. The van der Waals surface area contributed by atoms with Crippen molar-refractivity contribution in [3.8, 4) is 0 Å². The number of nitrogens with one attached hydrogen (secondary N) is 1. The smallest absolute Gasteiger partial charge is 0.285 e. The molecule has 1 aliphatic heterocycles. The number of hydrogen-bond donors (Lipinski definition) is 2. The molecule has 5 heteroatoms. The Labute approximate surface area is 121 Å². The molecule has 2 atom stereocenters. The zero-order chi connectivity index (χ0) is 15.2. The zero-order valence-corrected chi connectivity index (χ0v) is 12.9. The van der Waals surface area contributed by atoms with Crippen LogP contribution in [0.4, 0.5) is 0 Å². The van der Waals surface area contributed by atoms with E-state index < -0.39 is 6.29 Å². The summed E-state index contributed by atoms with van der Waals surface area (Å²) in [6, 6.07) is 0. The second-order valence-corrected chi connectivity index (χ2v) is 6.17. The first kappa shape index (κ1) is 17.0. The van der Waals surface area contributed by atoms with Crippen molar-refractivity contribution < 1.29 is 19.4 Å². The van der Waals surface area contributed by atoms with E-state index in [4.69, 9.17) is 14.6 Å². The van der Waals surface area contributed by atoms with Crippen molar-refractivity contribution in [1.82, 2.24) is 5.32 Å². The van der Waals surface area contributed by atoms with E-state index >= 15 is 0 Å². The number of hydrogen-bond acceptors (Lipinski definition) is 4. The summed E-state index contributed by atoms with van der Waals surface area (Å²) >= 11 is 0. The van der Waals surface area contributed by atoms with Crippen molar-refractivity contribution >= 4 is 5.91 Å². The summed E-state index contributed by atoms with van der Waals surface area (Å²) in [5.74, 6) is 0.347. The molecule has 0 aromatic carbocycles. The van der Waals surface area contributed by atoms with Gasteiger partial charge in [0.2, 0.25) is 6.29 Å². The average Bonchev–Trinajstić information content (AvgIpc) is 2.41. The first-order chi connectivity index (χ1) is 9.38. The molecule has 1 amide bonds. The number of carbonyl (C=O) groups is 1. The van der Waals surface area contributed by atoms with Gasteiger partial charge in [0.05, 0.1) is 6.61 Å². The molecular formula is C15H27NO4. The van der Waals surface area contributed by atoms with E-state index in [2.05, 4.69) is 26.1 Å². The Morgan fingerprint density at radius 3 is 2.75 bits per heavy atom. The van der Waals surface area contributed by atoms with E-state index in [0.717, 1.165) is 12.8 Å². The Morgan fingerprint density at radius 1 is 1.50 bits per heavy atom. The van der Waals surface area contributed by atoms with Crippen LogP contribution < -0.4 is 5.32 Å². The largest absolute Gasteiger partial charge is 0.459 e. The highest BCUT2D eigenvalue weighted by atomic mass is 16.7. The summed E-state index contributed by atoms with van der Waals surface area (Å²) in [7, 11) is 1.59. The van der Waals surface area contributed by atoms with Gasteiger partial charge in [-0.15, -0.1) is 0 Å². The fraction of sp³-hybridized carbons (Fsp3) is 0.800. The molecule has 2 N–H and O–H groups in total. The van der Waals surface area contributed by atoms with E-state index in [1.54, 1.807) is 7.05 Å². The molecule has 1 heterocycles. The third-order valence-electron chi connectivity index (χ3n) is 3.48. The van der Waals surface area contributed by atoms with Crippen molar-refractivity contribution in [3.05, 3.63) is 11.8 Å². The minimum atomic E-state index is -0.393. The Kier molecular flexibility index (Phi) is 6.49. The summed E-state index contributed by atoms with van der Waals surface area (Å²) in [6.45, 7) is 7.13. The molecule has 1 rings (SSSR count). The first-order valence-electron chi connectivity index (χ1n) is 7.21. The maximum Gasteiger partial charge on any atom is 0.285 e. The molecule has 1 aliphatic rings. The summed E-state index contributed by atoms with van der Waals surface area (Å²) in [4.78, 5) is 11.8. The molecule has 0 fully saturated rings. The van der Waals surface area contributed by atoms with Crippen LogP contribution in [0.1, 0.15) is 40.0 Å². The molecule has 116 valence electrons. The van der Waals surface area contributed by atoms with Gasteiger partial charge in [-0.3, -0.25) is 4.79 Å². The normalized spacial score (nSPS) is 22.9. The third-order valence-corrected chi connectivity index (χ3v) is 3.48. The maximum absolute atomic E-state index is 11.8. The zero-order valence-electron chi connectivity index (χ0n) is 12.9. The van der Waals surface area contributed by atoms with E-state index in [9.17, 15) is 4.79 Å². The Morgan fingerprint density at radius 2 is 2.20 bits per heavy atom. The third kappa shape index (κ3) is 5.13. The van der Waals surface area contributed by atoms with Gasteiger partial charge in [-0.1, -0.05) is 20.8 Å². The topological polar surface area (TPSA) is 67.8 Å². The number of carbonyl (C=O) groups excluding carboxylic acids is 1. The number of amides is 1. The van der Waals surface area contributed by atoms with Gasteiger partial charge in [0.25, 0.3) is 5.91 Å². The van der Waals surface area contributed by atoms with Gasteiger partial charge in [0.15, 0.2) is 5.76 Å². The Balaban J connectivity index is 2.67. The highest BCUT2D eigenvalue weighted by molar-refractivity contribution is 5.91. The number of aliphatic hydroxyl groups is 1. The van der Waals surface area contributed by atoms with Gasteiger partial charge in [0, 0.05) is 20.1 Å². The van der Waals surface area contributed by atoms with E-state index in [1.165, 1.54) is 0 Å². The number of unbranched alkanes of at least 4 members (excludes halogenated alkanes) is 1. The molecule has 0 radical (unpaired) electrons. The van der Waals surface area contributed by atoms with Crippen LogP contribution in [0.25, 0.3) is 0 Å². The molecule has 0 unspecified atom stereocenters. The van der Waals surface area contributed by atoms with Crippen LogP contribution in [0.15, 0.2) is 11.8 Å². The molecule has 5 nitrogen and oxygen atoms in total. The molecular weight excluding hydrogens is 258 g/mol. The number of allylic oxidation sites excluding steroid dienone is 1. The Hall–Kier alpha value is -1.07. The minimum absolute atomic E-state index is 0.0513. The number of likely N-dealkylation sites (N-methyl/N-ethyl adjacent to an activating group) is 1. The van der Waals surface area contributed by atoms with Crippen LogP contribution in [-0.2, 0) is 14.3 Å². The molecule has 0 aromatic rings. The van der Waals surface area contributed by atoms with E-state index in [0.29, 0.717) is 18.8 Å².